The van der Waals surface area contributed by atoms with E-state index < -0.39 is 0 Å². The molecule has 0 bridgehead atoms. The molecule has 0 spiro atoms. The minimum absolute atomic E-state index is 1.00. The Morgan fingerprint density at radius 3 is 1.41 bits per heavy atom. The Balaban J connectivity index is 0.0000000900. The molecule has 176 valence electrons. The molecule has 0 heteroatoms. The van der Waals surface area contributed by atoms with E-state index in [1.807, 2.05) is 22.3 Å². The lowest BCUT2D eigenvalue weighted by Crippen LogP contribution is -2.21. The molecule has 3 unspecified atom stereocenters. The number of rotatable bonds is 0. The third-order valence-corrected chi connectivity index (χ3v) is 9.79. The van der Waals surface area contributed by atoms with Crippen LogP contribution in [0.2, 0.25) is 0 Å². The van der Waals surface area contributed by atoms with Crippen molar-refractivity contribution in [3.05, 3.63) is 46.1 Å². The lowest BCUT2D eigenvalue weighted by atomic mass is 9.72. The second-order valence-electron chi connectivity index (χ2n) is 11.8. The molecule has 0 amide bonds. The predicted molar refractivity (Wildman–Crippen MR) is 139 cm³/mol. The summed E-state index contributed by atoms with van der Waals surface area (Å²) in [4.78, 5) is 0. The minimum atomic E-state index is 1.00. The Labute approximate surface area is 198 Å². The Kier molecular flexibility index (Phi) is 8.10. The van der Waals surface area contributed by atoms with Gasteiger partial charge in [-0.15, -0.1) is 0 Å². The first kappa shape index (κ1) is 22.7. The van der Waals surface area contributed by atoms with Crippen LogP contribution in [0.3, 0.4) is 0 Å². The van der Waals surface area contributed by atoms with Crippen LogP contribution in [0.1, 0.15) is 135 Å². The molecule has 0 radical (unpaired) electrons. The summed E-state index contributed by atoms with van der Waals surface area (Å²) in [5.41, 5.74) is 9.06. The molecule has 3 atom stereocenters. The largest absolute Gasteiger partial charge is 0.0850 e. The molecule has 0 aromatic carbocycles. The predicted octanol–water partition coefficient (Wildman–Crippen LogP) is 10.2. The molecule has 0 aromatic rings. The fraction of sp³-hybridized carbons (Fsp3) is 0.750. The van der Waals surface area contributed by atoms with Crippen LogP contribution in [0.25, 0.3) is 0 Å². The van der Waals surface area contributed by atoms with E-state index in [0.29, 0.717) is 0 Å². The highest BCUT2D eigenvalue weighted by Gasteiger charge is 2.26. The molecule has 0 saturated heterocycles. The summed E-state index contributed by atoms with van der Waals surface area (Å²) in [7, 11) is 0. The van der Waals surface area contributed by atoms with Crippen LogP contribution in [0.4, 0.5) is 0 Å². The monoisotopic (exact) mass is 432 g/mol. The van der Waals surface area contributed by atoms with Crippen molar-refractivity contribution in [3.8, 4) is 0 Å². The summed E-state index contributed by atoms with van der Waals surface area (Å²) < 4.78 is 0. The molecule has 0 aliphatic heterocycles. The van der Waals surface area contributed by atoms with Crippen molar-refractivity contribution in [1.82, 2.24) is 0 Å². The zero-order valence-corrected chi connectivity index (χ0v) is 20.8. The average molecular weight is 433 g/mol. The maximum absolute atomic E-state index is 2.46. The molecule has 8 aliphatic rings. The highest BCUT2D eigenvalue weighted by Crippen LogP contribution is 2.40. The number of hydrogen-bond acceptors (Lipinski definition) is 0. The van der Waals surface area contributed by atoms with Gasteiger partial charge in [-0.3, -0.25) is 0 Å². The van der Waals surface area contributed by atoms with Gasteiger partial charge in [-0.25, -0.2) is 0 Å². The number of hydrogen-bond donors (Lipinski definition) is 0. The maximum Gasteiger partial charge on any atom is -0.0170 e. The molecule has 8 rings (SSSR count). The van der Waals surface area contributed by atoms with E-state index in [-0.39, 0.29) is 0 Å². The molecule has 0 N–H and O–H groups in total. The van der Waals surface area contributed by atoms with E-state index in [2.05, 4.69) is 18.2 Å². The van der Waals surface area contributed by atoms with Gasteiger partial charge in [0.15, 0.2) is 0 Å². The highest BCUT2D eigenvalue weighted by atomic mass is 14.3. The Morgan fingerprint density at radius 1 is 0.438 bits per heavy atom. The van der Waals surface area contributed by atoms with Gasteiger partial charge in [-0.05, 0) is 140 Å². The molecule has 2 saturated carbocycles. The van der Waals surface area contributed by atoms with Gasteiger partial charge in [0.25, 0.3) is 0 Å². The number of allylic oxidation sites excluding steroid dienone is 8. The molecule has 8 aliphatic carbocycles. The van der Waals surface area contributed by atoms with E-state index in [0.717, 1.165) is 17.8 Å². The average Bonchev–Trinajstić information content (AvgIpc) is 3.53. The van der Waals surface area contributed by atoms with Crippen LogP contribution in [-0.4, -0.2) is 0 Å². The van der Waals surface area contributed by atoms with Crippen LogP contribution in [0, 0.1) is 17.8 Å². The van der Waals surface area contributed by atoms with Crippen molar-refractivity contribution in [1.29, 1.82) is 0 Å². The van der Waals surface area contributed by atoms with Crippen LogP contribution in [-0.2, 0) is 0 Å². The molecule has 0 heterocycles. The molecule has 0 aromatic heterocycles. The molecular formula is C32H48. The minimum Gasteiger partial charge on any atom is -0.0850 e. The summed E-state index contributed by atoms with van der Waals surface area (Å²) in [6, 6.07) is 0. The van der Waals surface area contributed by atoms with Gasteiger partial charge in [0.05, 0.1) is 0 Å². The van der Waals surface area contributed by atoms with Crippen LogP contribution in [0.15, 0.2) is 46.1 Å². The van der Waals surface area contributed by atoms with Gasteiger partial charge in [0.1, 0.15) is 0 Å². The first-order valence-electron chi connectivity index (χ1n) is 14.6. The van der Waals surface area contributed by atoms with E-state index in [1.54, 1.807) is 5.57 Å². The fourth-order valence-corrected chi connectivity index (χ4v) is 7.56. The van der Waals surface area contributed by atoms with Crippen LogP contribution < -0.4 is 0 Å². The van der Waals surface area contributed by atoms with Gasteiger partial charge in [-0.2, -0.15) is 0 Å². The fourth-order valence-electron chi connectivity index (χ4n) is 7.56. The molecule has 32 heavy (non-hydrogen) atoms. The summed E-state index contributed by atoms with van der Waals surface area (Å²) >= 11 is 0. The van der Waals surface area contributed by atoms with Gasteiger partial charge < -0.3 is 0 Å². The lowest BCUT2D eigenvalue weighted by molar-refractivity contribution is 0.304. The Hall–Kier alpha value is -1.04. The summed E-state index contributed by atoms with van der Waals surface area (Å²) in [6.07, 6.45) is 37.7. The normalized spacial score (nSPS) is 33.0. The van der Waals surface area contributed by atoms with E-state index >= 15 is 0 Å². The first-order valence-corrected chi connectivity index (χ1v) is 14.6. The van der Waals surface area contributed by atoms with Crippen molar-refractivity contribution in [2.24, 2.45) is 17.8 Å². The third-order valence-electron chi connectivity index (χ3n) is 9.79. The van der Waals surface area contributed by atoms with Gasteiger partial charge in [0.2, 0.25) is 0 Å². The number of fused-ring (bicyclic) bond motifs is 2. The van der Waals surface area contributed by atoms with E-state index in [1.165, 1.54) is 135 Å². The highest BCUT2D eigenvalue weighted by molar-refractivity contribution is 5.26. The Bertz CT molecular complexity index is 699. The molecule has 0 nitrogen and oxygen atoms in total. The van der Waals surface area contributed by atoms with Crippen LogP contribution in [0.5, 0.6) is 0 Å². The SMILES string of the molecule is C1=C2CCCC2CC1.C1=CC2CCCCC12.C1CC2=C(C1)CCC2.C1CCC2=C(C1)CC2. The maximum atomic E-state index is 2.46. The second kappa shape index (κ2) is 11.4. The van der Waals surface area contributed by atoms with Crippen molar-refractivity contribution in [2.45, 2.75) is 135 Å². The lowest BCUT2D eigenvalue weighted by Gasteiger charge is -2.33. The third kappa shape index (κ3) is 5.71. The molecular weight excluding hydrogens is 384 g/mol. The second-order valence-corrected chi connectivity index (χ2v) is 11.8. The topological polar surface area (TPSA) is 0 Å². The van der Waals surface area contributed by atoms with Gasteiger partial charge >= 0.3 is 0 Å². The summed E-state index contributed by atoms with van der Waals surface area (Å²) in [5, 5.41) is 0. The molecule has 2 fully saturated rings. The summed E-state index contributed by atoms with van der Waals surface area (Å²) in [6.45, 7) is 0. The van der Waals surface area contributed by atoms with Crippen molar-refractivity contribution in [2.75, 3.05) is 0 Å². The Morgan fingerprint density at radius 2 is 0.969 bits per heavy atom. The smallest absolute Gasteiger partial charge is 0.0170 e. The van der Waals surface area contributed by atoms with Crippen molar-refractivity contribution in [3.63, 3.8) is 0 Å². The van der Waals surface area contributed by atoms with Crippen molar-refractivity contribution >= 4 is 0 Å². The van der Waals surface area contributed by atoms with Gasteiger partial charge in [-0.1, -0.05) is 58.9 Å². The first-order chi connectivity index (χ1) is 15.9. The summed E-state index contributed by atoms with van der Waals surface area (Å²) in [5.74, 6) is 3.04. The van der Waals surface area contributed by atoms with E-state index in [9.17, 15) is 0 Å². The standard InChI is InChI=1S/4C8H12/c2*1-3-7-5-2-6-8(7)4-1;2*1-2-4-8-6-5-7(8)3-1/h1-6H2;3,8H,1-2,4-6H2;1-6H2;5-8H,1-4H2. The van der Waals surface area contributed by atoms with E-state index in [4.69, 9.17) is 0 Å². The van der Waals surface area contributed by atoms with Crippen molar-refractivity contribution < 1.29 is 0 Å². The van der Waals surface area contributed by atoms with Gasteiger partial charge in [0, 0.05) is 0 Å². The van der Waals surface area contributed by atoms with Crippen LogP contribution >= 0.6 is 0 Å². The zero-order valence-electron chi connectivity index (χ0n) is 20.8. The zero-order chi connectivity index (χ0) is 21.6. The quantitative estimate of drug-likeness (QED) is 0.334.